The van der Waals surface area contributed by atoms with Crippen LogP contribution in [0.5, 0.6) is 0 Å². The minimum atomic E-state index is -0.158. The zero-order chi connectivity index (χ0) is 16.2. The summed E-state index contributed by atoms with van der Waals surface area (Å²) in [5, 5.41) is 4.93. The van der Waals surface area contributed by atoms with Gasteiger partial charge in [0, 0.05) is 15.6 Å². The van der Waals surface area contributed by atoms with E-state index in [1.165, 1.54) is 12.4 Å². The Kier molecular flexibility index (Phi) is 4.55. The van der Waals surface area contributed by atoms with Crippen molar-refractivity contribution in [2.75, 3.05) is 0 Å². The van der Waals surface area contributed by atoms with E-state index in [9.17, 15) is 4.79 Å². The van der Waals surface area contributed by atoms with Crippen LogP contribution in [0, 0.1) is 0 Å². The molecule has 0 unspecified atom stereocenters. The van der Waals surface area contributed by atoms with Crippen LogP contribution in [0.15, 0.2) is 61.2 Å². The van der Waals surface area contributed by atoms with Crippen LogP contribution in [0.2, 0.25) is 10.0 Å². The molecule has 3 aromatic rings. The SMILES string of the molecule is O=C(/C=C/c1ccc(-n2cncn2)cc1)c1cc(Cl)cc(Cl)c1. The molecule has 0 saturated heterocycles. The van der Waals surface area contributed by atoms with E-state index in [4.69, 9.17) is 23.2 Å². The van der Waals surface area contributed by atoms with Crippen molar-refractivity contribution in [1.82, 2.24) is 14.8 Å². The van der Waals surface area contributed by atoms with Crippen molar-refractivity contribution < 1.29 is 4.79 Å². The van der Waals surface area contributed by atoms with Gasteiger partial charge in [0.1, 0.15) is 12.7 Å². The Morgan fingerprint density at radius 2 is 1.74 bits per heavy atom. The summed E-state index contributed by atoms with van der Waals surface area (Å²) in [7, 11) is 0. The average Bonchev–Trinajstić information content (AvgIpc) is 3.06. The third-order valence-electron chi connectivity index (χ3n) is 3.15. The summed E-state index contributed by atoms with van der Waals surface area (Å²) in [5.41, 5.74) is 2.25. The fourth-order valence-electron chi connectivity index (χ4n) is 2.04. The van der Waals surface area contributed by atoms with E-state index in [1.54, 1.807) is 35.3 Å². The lowest BCUT2D eigenvalue weighted by Crippen LogP contribution is -1.95. The minimum absolute atomic E-state index is 0.158. The molecule has 0 bridgehead atoms. The number of ketones is 1. The van der Waals surface area contributed by atoms with Gasteiger partial charge in [0.15, 0.2) is 5.78 Å². The Bertz CT molecular complexity index is 836. The Labute approximate surface area is 143 Å². The molecule has 0 spiro atoms. The monoisotopic (exact) mass is 343 g/mol. The lowest BCUT2D eigenvalue weighted by atomic mass is 10.1. The fourth-order valence-corrected chi connectivity index (χ4v) is 2.57. The van der Waals surface area contributed by atoms with E-state index in [-0.39, 0.29) is 5.78 Å². The second-order valence-electron chi connectivity index (χ2n) is 4.79. The number of allylic oxidation sites excluding steroid dienone is 1. The Morgan fingerprint density at radius 1 is 1.04 bits per heavy atom. The standard InChI is InChI=1S/C17H11Cl2N3O/c18-14-7-13(8-15(19)9-14)17(23)6-3-12-1-4-16(5-2-12)22-11-20-10-21-22/h1-11H/b6-3+. The Hall–Kier alpha value is -2.43. The topological polar surface area (TPSA) is 47.8 Å². The molecule has 6 heteroatoms. The van der Waals surface area contributed by atoms with Gasteiger partial charge in [-0.15, -0.1) is 0 Å². The van der Waals surface area contributed by atoms with Gasteiger partial charge in [0.05, 0.1) is 5.69 Å². The van der Waals surface area contributed by atoms with Crippen LogP contribution in [0.4, 0.5) is 0 Å². The predicted molar refractivity (Wildman–Crippen MR) is 91.2 cm³/mol. The second-order valence-corrected chi connectivity index (χ2v) is 5.66. The first kappa shape index (κ1) is 15.5. The summed E-state index contributed by atoms with van der Waals surface area (Å²) in [6.07, 6.45) is 6.33. The van der Waals surface area contributed by atoms with Crippen molar-refractivity contribution in [2.45, 2.75) is 0 Å². The molecule has 0 radical (unpaired) electrons. The van der Waals surface area contributed by atoms with Crippen LogP contribution in [0.1, 0.15) is 15.9 Å². The van der Waals surface area contributed by atoms with Gasteiger partial charge in [-0.3, -0.25) is 4.79 Å². The summed E-state index contributed by atoms with van der Waals surface area (Å²) >= 11 is 11.8. The van der Waals surface area contributed by atoms with Crippen molar-refractivity contribution in [3.05, 3.63) is 82.4 Å². The second kappa shape index (κ2) is 6.77. The molecule has 0 amide bonds. The number of hydrogen-bond donors (Lipinski definition) is 0. The van der Waals surface area contributed by atoms with Crippen LogP contribution in [-0.4, -0.2) is 20.5 Å². The quantitative estimate of drug-likeness (QED) is 0.518. The first-order valence-electron chi connectivity index (χ1n) is 6.75. The minimum Gasteiger partial charge on any atom is -0.289 e. The average molecular weight is 344 g/mol. The molecule has 0 atom stereocenters. The summed E-state index contributed by atoms with van der Waals surface area (Å²) in [6.45, 7) is 0. The number of carbonyl (C=O) groups excluding carboxylic acids is 1. The van der Waals surface area contributed by atoms with Crippen molar-refractivity contribution >= 4 is 35.1 Å². The molecule has 2 aromatic carbocycles. The molecule has 0 saturated carbocycles. The van der Waals surface area contributed by atoms with Gasteiger partial charge in [0.2, 0.25) is 0 Å². The number of benzene rings is 2. The normalized spacial score (nSPS) is 11.0. The van der Waals surface area contributed by atoms with Gasteiger partial charge in [-0.1, -0.05) is 41.4 Å². The number of halogens is 2. The van der Waals surface area contributed by atoms with E-state index in [0.717, 1.165) is 11.3 Å². The molecule has 0 aliphatic carbocycles. The molecular weight excluding hydrogens is 333 g/mol. The van der Waals surface area contributed by atoms with Crippen molar-refractivity contribution in [1.29, 1.82) is 0 Å². The van der Waals surface area contributed by atoms with Crippen molar-refractivity contribution in [3.8, 4) is 5.69 Å². The zero-order valence-electron chi connectivity index (χ0n) is 11.9. The maximum absolute atomic E-state index is 12.1. The highest BCUT2D eigenvalue weighted by Crippen LogP contribution is 2.20. The Morgan fingerprint density at radius 3 is 2.35 bits per heavy atom. The van der Waals surface area contributed by atoms with E-state index >= 15 is 0 Å². The summed E-state index contributed by atoms with van der Waals surface area (Å²) in [4.78, 5) is 16.0. The van der Waals surface area contributed by atoms with Crippen LogP contribution >= 0.6 is 23.2 Å². The van der Waals surface area contributed by atoms with Gasteiger partial charge in [-0.25, -0.2) is 9.67 Å². The number of hydrogen-bond acceptors (Lipinski definition) is 3. The van der Waals surface area contributed by atoms with E-state index in [2.05, 4.69) is 10.1 Å². The number of nitrogens with zero attached hydrogens (tertiary/aromatic N) is 3. The van der Waals surface area contributed by atoms with Crippen LogP contribution in [0.25, 0.3) is 11.8 Å². The number of carbonyl (C=O) groups is 1. The molecule has 0 N–H and O–H groups in total. The fraction of sp³-hybridized carbons (Fsp3) is 0. The maximum atomic E-state index is 12.1. The highest BCUT2D eigenvalue weighted by molar-refractivity contribution is 6.35. The van der Waals surface area contributed by atoms with Gasteiger partial charge in [0.25, 0.3) is 0 Å². The van der Waals surface area contributed by atoms with E-state index in [1.807, 2.05) is 24.3 Å². The van der Waals surface area contributed by atoms with Gasteiger partial charge >= 0.3 is 0 Å². The van der Waals surface area contributed by atoms with Crippen LogP contribution < -0.4 is 0 Å². The smallest absolute Gasteiger partial charge is 0.185 e. The van der Waals surface area contributed by atoms with Crippen LogP contribution in [-0.2, 0) is 0 Å². The highest BCUT2D eigenvalue weighted by atomic mass is 35.5. The van der Waals surface area contributed by atoms with Crippen molar-refractivity contribution in [3.63, 3.8) is 0 Å². The summed E-state index contributed by atoms with van der Waals surface area (Å²) in [6, 6.07) is 12.4. The third-order valence-corrected chi connectivity index (χ3v) is 3.59. The molecular formula is C17H11Cl2N3O. The zero-order valence-corrected chi connectivity index (χ0v) is 13.4. The lowest BCUT2D eigenvalue weighted by Gasteiger charge is -2.01. The Balaban J connectivity index is 1.75. The third kappa shape index (κ3) is 3.86. The molecule has 23 heavy (non-hydrogen) atoms. The molecule has 114 valence electrons. The van der Waals surface area contributed by atoms with Gasteiger partial charge < -0.3 is 0 Å². The van der Waals surface area contributed by atoms with E-state index in [0.29, 0.717) is 15.6 Å². The molecule has 1 heterocycles. The summed E-state index contributed by atoms with van der Waals surface area (Å²) < 4.78 is 1.66. The molecule has 0 fully saturated rings. The summed E-state index contributed by atoms with van der Waals surface area (Å²) in [5.74, 6) is -0.158. The maximum Gasteiger partial charge on any atom is 0.185 e. The largest absolute Gasteiger partial charge is 0.289 e. The predicted octanol–water partition coefficient (Wildman–Crippen LogP) is 4.47. The highest BCUT2D eigenvalue weighted by Gasteiger charge is 2.05. The van der Waals surface area contributed by atoms with Crippen LogP contribution in [0.3, 0.4) is 0 Å². The lowest BCUT2D eigenvalue weighted by molar-refractivity contribution is 0.104. The van der Waals surface area contributed by atoms with Crippen molar-refractivity contribution in [2.24, 2.45) is 0 Å². The van der Waals surface area contributed by atoms with Gasteiger partial charge in [-0.2, -0.15) is 5.10 Å². The number of rotatable bonds is 4. The van der Waals surface area contributed by atoms with E-state index < -0.39 is 0 Å². The van der Waals surface area contributed by atoms with Gasteiger partial charge in [-0.05, 0) is 42.0 Å². The molecule has 1 aromatic heterocycles. The molecule has 3 rings (SSSR count). The number of aromatic nitrogens is 3. The molecule has 0 aliphatic rings. The first-order valence-corrected chi connectivity index (χ1v) is 7.51. The molecule has 0 aliphatic heterocycles. The first-order chi connectivity index (χ1) is 11.1. The molecule has 4 nitrogen and oxygen atoms in total.